The fraction of sp³-hybridized carbons (Fsp3) is 0.407. The summed E-state index contributed by atoms with van der Waals surface area (Å²) in [5, 5.41) is 11.6. The fourth-order valence-electron chi connectivity index (χ4n) is 5.08. The fourth-order valence-corrected chi connectivity index (χ4v) is 6.37. The van der Waals surface area contributed by atoms with Crippen molar-refractivity contribution in [2.75, 3.05) is 32.5 Å². The predicted molar refractivity (Wildman–Crippen MR) is 151 cm³/mol. The number of sulfonamides is 1. The SMILES string of the molecule is CCCN(C)S(=O)(=O)c1ccc(OC(F)F)c(-c2nn(C[C@H]3CCCN3C)cc2NC(=O)c2cnn3cccnc23)c1. The largest absolute Gasteiger partial charge is 0.434 e. The molecule has 15 heteroatoms. The van der Waals surface area contributed by atoms with Crippen LogP contribution in [-0.4, -0.2) is 87.7 Å². The van der Waals surface area contributed by atoms with Crippen LogP contribution in [0.5, 0.6) is 5.75 Å². The summed E-state index contributed by atoms with van der Waals surface area (Å²) in [6.45, 7) is 0.346. The molecule has 42 heavy (non-hydrogen) atoms. The topological polar surface area (TPSA) is 127 Å². The minimum absolute atomic E-state index is 0.00640. The van der Waals surface area contributed by atoms with Gasteiger partial charge in [0.15, 0.2) is 5.65 Å². The Balaban J connectivity index is 1.61. The highest BCUT2D eigenvalue weighted by Gasteiger charge is 2.28. The average Bonchev–Trinajstić information content (AvgIpc) is 3.67. The highest BCUT2D eigenvalue weighted by Crippen LogP contribution is 2.38. The molecular formula is C27H32F2N8O4S. The minimum atomic E-state index is -3.95. The third-order valence-corrected chi connectivity index (χ3v) is 9.12. The van der Waals surface area contributed by atoms with Crippen molar-refractivity contribution in [1.82, 2.24) is 33.6 Å². The van der Waals surface area contributed by atoms with Gasteiger partial charge in [-0.3, -0.25) is 9.48 Å². The van der Waals surface area contributed by atoms with Crippen molar-refractivity contribution in [3.8, 4) is 17.0 Å². The summed E-state index contributed by atoms with van der Waals surface area (Å²) in [5.74, 6) is -0.830. The quantitative estimate of drug-likeness (QED) is 0.276. The zero-order valence-electron chi connectivity index (χ0n) is 23.4. The van der Waals surface area contributed by atoms with Crippen molar-refractivity contribution in [3.05, 3.63) is 54.6 Å². The van der Waals surface area contributed by atoms with Gasteiger partial charge in [-0.2, -0.15) is 19.0 Å². The van der Waals surface area contributed by atoms with Crippen molar-refractivity contribution < 1.29 is 26.7 Å². The van der Waals surface area contributed by atoms with Crippen LogP contribution in [0.4, 0.5) is 14.5 Å². The van der Waals surface area contributed by atoms with Crippen molar-refractivity contribution in [1.29, 1.82) is 0 Å². The highest BCUT2D eigenvalue weighted by atomic mass is 32.2. The maximum atomic E-state index is 13.5. The van der Waals surface area contributed by atoms with Crippen molar-refractivity contribution in [3.63, 3.8) is 0 Å². The maximum Gasteiger partial charge on any atom is 0.387 e. The molecule has 1 aliphatic heterocycles. The lowest BCUT2D eigenvalue weighted by molar-refractivity contribution is -0.0494. The number of rotatable bonds is 11. The van der Waals surface area contributed by atoms with Gasteiger partial charge < -0.3 is 15.0 Å². The molecule has 3 aromatic heterocycles. The van der Waals surface area contributed by atoms with Gasteiger partial charge in [-0.05, 0) is 57.1 Å². The third kappa shape index (κ3) is 5.98. The van der Waals surface area contributed by atoms with E-state index in [0.29, 0.717) is 18.6 Å². The number of aromatic nitrogens is 5. The number of likely N-dealkylation sites (N-methyl/N-ethyl adjacent to an activating group) is 1. The molecule has 5 rings (SSSR count). The number of ether oxygens (including phenoxy) is 1. The predicted octanol–water partition coefficient (Wildman–Crippen LogP) is 3.57. The summed E-state index contributed by atoms with van der Waals surface area (Å²) in [7, 11) is -0.487. The van der Waals surface area contributed by atoms with Crippen LogP contribution in [0.25, 0.3) is 16.9 Å². The van der Waals surface area contributed by atoms with Gasteiger partial charge in [0.25, 0.3) is 5.91 Å². The van der Waals surface area contributed by atoms with Crippen molar-refractivity contribution >= 4 is 27.3 Å². The zero-order valence-corrected chi connectivity index (χ0v) is 24.3. The summed E-state index contributed by atoms with van der Waals surface area (Å²) < 4.78 is 62.6. The van der Waals surface area contributed by atoms with E-state index in [4.69, 9.17) is 4.74 Å². The Morgan fingerprint density at radius 1 is 1.31 bits per heavy atom. The number of carbonyl (C=O) groups is 1. The van der Waals surface area contributed by atoms with Gasteiger partial charge in [0.2, 0.25) is 10.0 Å². The Morgan fingerprint density at radius 3 is 2.83 bits per heavy atom. The van der Waals surface area contributed by atoms with E-state index in [1.807, 2.05) is 14.0 Å². The minimum Gasteiger partial charge on any atom is -0.434 e. The van der Waals surface area contributed by atoms with E-state index in [2.05, 4.69) is 25.4 Å². The van der Waals surface area contributed by atoms with E-state index in [0.717, 1.165) is 19.4 Å². The van der Waals surface area contributed by atoms with Gasteiger partial charge in [0.05, 0.1) is 23.3 Å². The van der Waals surface area contributed by atoms with E-state index in [9.17, 15) is 22.0 Å². The summed E-state index contributed by atoms with van der Waals surface area (Å²) in [4.78, 5) is 19.7. The Bertz CT molecular complexity index is 1690. The van der Waals surface area contributed by atoms with Crippen LogP contribution in [0.15, 0.2) is 53.9 Å². The lowest BCUT2D eigenvalue weighted by Gasteiger charge is -2.19. The average molecular weight is 603 g/mol. The molecule has 0 radical (unpaired) electrons. The standard InChI is InChI=1S/C27H32F2N8O4S/c1-4-11-35(3)42(39,40)19-8-9-23(41-27(28)29)20(14-19)24-22(17-36(33-24)16-18-7-5-12-34(18)2)32-26(38)21-15-31-37-13-6-10-30-25(21)37/h6,8-10,13-15,17-18,27H,4-5,7,11-12,16H2,1-3H3,(H,32,38)/t18-/m1/s1. The molecule has 1 aromatic carbocycles. The molecule has 12 nitrogen and oxygen atoms in total. The van der Waals surface area contributed by atoms with E-state index < -0.39 is 22.5 Å². The molecule has 1 atom stereocenters. The molecule has 0 unspecified atom stereocenters. The summed E-state index contributed by atoms with van der Waals surface area (Å²) in [6, 6.07) is 5.50. The Hall–Kier alpha value is -3.95. The van der Waals surface area contributed by atoms with Crippen LogP contribution in [0.2, 0.25) is 0 Å². The first-order valence-corrected chi connectivity index (χ1v) is 15.0. The Morgan fingerprint density at radius 2 is 2.12 bits per heavy atom. The van der Waals surface area contributed by atoms with Gasteiger partial charge >= 0.3 is 6.61 Å². The Labute approximate surface area is 241 Å². The second-order valence-electron chi connectivity index (χ2n) is 10.2. The maximum absolute atomic E-state index is 13.5. The van der Waals surface area contributed by atoms with Crippen LogP contribution >= 0.6 is 0 Å². The van der Waals surface area contributed by atoms with Crippen LogP contribution < -0.4 is 10.1 Å². The van der Waals surface area contributed by atoms with E-state index >= 15 is 0 Å². The number of halogens is 2. The number of alkyl halides is 2. The number of hydrogen-bond acceptors (Lipinski definition) is 8. The molecule has 1 amide bonds. The molecule has 4 aromatic rings. The zero-order chi connectivity index (χ0) is 30.0. The second-order valence-corrected chi connectivity index (χ2v) is 12.2. The Kier molecular flexibility index (Phi) is 8.52. The lowest BCUT2D eigenvalue weighted by atomic mass is 10.1. The number of hydrogen-bond donors (Lipinski definition) is 1. The first kappa shape index (κ1) is 29.5. The van der Waals surface area contributed by atoms with Gasteiger partial charge in [0, 0.05) is 43.8 Å². The number of amides is 1. The number of likely N-dealkylation sites (tertiary alicyclic amines) is 1. The molecule has 1 fully saturated rings. The van der Waals surface area contributed by atoms with E-state index in [1.165, 1.54) is 46.5 Å². The monoisotopic (exact) mass is 602 g/mol. The molecule has 0 spiro atoms. The lowest BCUT2D eigenvalue weighted by Crippen LogP contribution is -2.29. The van der Waals surface area contributed by atoms with Gasteiger partial charge in [-0.25, -0.2) is 22.2 Å². The van der Waals surface area contributed by atoms with Crippen molar-refractivity contribution in [2.24, 2.45) is 0 Å². The first-order valence-electron chi connectivity index (χ1n) is 13.5. The molecule has 0 aliphatic carbocycles. The van der Waals surface area contributed by atoms with Crippen LogP contribution in [0.3, 0.4) is 0 Å². The van der Waals surface area contributed by atoms with Gasteiger partial charge in [0.1, 0.15) is 17.0 Å². The number of benzene rings is 1. The smallest absolute Gasteiger partial charge is 0.387 e. The second kappa shape index (κ2) is 12.1. The highest BCUT2D eigenvalue weighted by molar-refractivity contribution is 7.89. The van der Waals surface area contributed by atoms with Gasteiger partial charge in [-0.1, -0.05) is 6.92 Å². The number of nitrogens with zero attached hydrogens (tertiary/aromatic N) is 7. The number of anilines is 1. The molecule has 224 valence electrons. The molecule has 4 heterocycles. The van der Waals surface area contributed by atoms with E-state index in [-0.39, 0.29) is 45.7 Å². The van der Waals surface area contributed by atoms with Crippen LogP contribution in [0, 0.1) is 0 Å². The summed E-state index contributed by atoms with van der Waals surface area (Å²) in [6.07, 6.45) is 8.72. The van der Waals surface area contributed by atoms with Crippen LogP contribution in [-0.2, 0) is 16.6 Å². The third-order valence-electron chi connectivity index (χ3n) is 7.27. The van der Waals surface area contributed by atoms with E-state index in [1.54, 1.807) is 23.1 Å². The van der Waals surface area contributed by atoms with Gasteiger partial charge in [-0.15, -0.1) is 0 Å². The number of carbonyl (C=O) groups excluding carboxylic acids is 1. The normalized spacial score (nSPS) is 16.1. The van der Waals surface area contributed by atoms with Crippen LogP contribution in [0.1, 0.15) is 36.5 Å². The molecule has 1 N–H and O–H groups in total. The summed E-state index contributed by atoms with van der Waals surface area (Å²) >= 11 is 0. The van der Waals surface area contributed by atoms with Crippen molar-refractivity contribution in [2.45, 2.75) is 50.3 Å². The molecule has 1 saturated heterocycles. The first-order chi connectivity index (χ1) is 20.1. The molecule has 1 aliphatic rings. The molecular weight excluding hydrogens is 570 g/mol. The number of fused-ring (bicyclic) bond motifs is 1. The number of nitrogens with one attached hydrogen (secondary N) is 1. The molecule has 0 bridgehead atoms. The molecule has 0 saturated carbocycles. The summed E-state index contributed by atoms with van der Waals surface area (Å²) in [5.41, 5.74) is 0.774.